The van der Waals surface area contributed by atoms with Crippen LogP contribution in [0.1, 0.15) is 66.1 Å². The average molecular weight is 292 g/mol. The van der Waals surface area contributed by atoms with E-state index in [1.54, 1.807) is 11.1 Å². The molecule has 1 aliphatic carbocycles. The topological polar surface area (TPSA) is 0 Å². The van der Waals surface area contributed by atoms with Crippen LogP contribution in [0.25, 0.3) is 0 Å². The second-order valence-electron chi connectivity index (χ2n) is 8.27. The summed E-state index contributed by atoms with van der Waals surface area (Å²) in [6.45, 7) is 16.2. The quantitative estimate of drug-likeness (QED) is 0.613. The van der Waals surface area contributed by atoms with Crippen molar-refractivity contribution in [2.45, 2.75) is 65.7 Å². The Balaban J connectivity index is 2.30. The lowest BCUT2D eigenvalue weighted by molar-refractivity contribution is 0.424. The Morgan fingerprint density at radius 2 is 1.27 bits per heavy atom. The van der Waals surface area contributed by atoms with Gasteiger partial charge in [-0.2, -0.15) is 0 Å². The van der Waals surface area contributed by atoms with E-state index in [4.69, 9.17) is 0 Å². The Labute approximate surface area is 135 Å². The fourth-order valence-electron chi connectivity index (χ4n) is 4.84. The molecule has 0 amide bonds. The van der Waals surface area contributed by atoms with E-state index in [1.807, 2.05) is 0 Å². The summed E-state index contributed by atoms with van der Waals surface area (Å²) in [4.78, 5) is 0. The first-order valence-electron chi connectivity index (χ1n) is 8.34. The van der Waals surface area contributed by atoms with Crippen LogP contribution in [-0.2, 0) is 10.8 Å². The molecule has 2 aromatic carbocycles. The minimum Gasteiger partial charge on any atom is -0.0564 e. The molecule has 1 unspecified atom stereocenters. The fraction of sp³-hybridized carbons (Fsp3) is 0.455. The van der Waals surface area contributed by atoms with Gasteiger partial charge in [0.05, 0.1) is 0 Å². The minimum absolute atomic E-state index is 0.118. The summed E-state index contributed by atoms with van der Waals surface area (Å²) in [7, 11) is 0. The summed E-state index contributed by atoms with van der Waals surface area (Å²) in [5.74, 6) is 0. The van der Waals surface area contributed by atoms with Crippen molar-refractivity contribution in [3.8, 4) is 0 Å². The fourth-order valence-corrected chi connectivity index (χ4v) is 4.84. The normalized spacial score (nSPS) is 22.7. The smallest absolute Gasteiger partial charge is 0.0188 e. The highest BCUT2D eigenvalue weighted by atomic mass is 14.5. The molecule has 2 aromatic rings. The van der Waals surface area contributed by atoms with Crippen molar-refractivity contribution in [3.63, 3.8) is 0 Å². The molecule has 0 radical (unpaired) electrons. The van der Waals surface area contributed by atoms with E-state index in [1.165, 1.54) is 34.2 Å². The van der Waals surface area contributed by atoms with Crippen LogP contribution in [-0.4, -0.2) is 0 Å². The molecule has 0 saturated heterocycles. The molecule has 0 aliphatic heterocycles. The number of hydrogen-bond donors (Lipinski definition) is 0. The Bertz CT molecular complexity index is 729. The van der Waals surface area contributed by atoms with E-state index in [0.29, 0.717) is 0 Å². The summed E-state index contributed by atoms with van der Waals surface area (Å²) >= 11 is 0. The van der Waals surface area contributed by atoms with Gasteiger partial charge in [-0.25, -0.2) is 0 Å². The Hall–Kier alpha value is -1.56. The summed E-state index contributed by atoms with van der Waals surface area (Å²) in [5, 5.41) is 0. The lowest BCUT2D eigenvalue weighted by Crippen LogP contribution is -2.24. The SMILES string of the molecule is Cc1cc(C)cc(C2(C)CC(C)(C)c3cc(C)cc(C)c32)c1. The number of rotatable bonds is 1. The van der Waals surface area contributed by atoms with Crippen molar-refractivity contribution in [2.24, 2.45) is 0 Å². The molecule has 0 saturated carbocycles. The summed E-state index contributed by atoms with van der Waals surface area (Å²) in [6.07, 6.45) is 1.18. The third-order valence-corrected chi connectivity index (χ3v) is 5.42. The van der Waals surface area contributed by atoms with Crippen LogP contribution in [0, 0.1) is 27.7 Å². The largest absolute Gasteiger partial charge is 0.0564 e. The van der Waals surface area contributed by atoms with Gasteiger partial charge in [-0.3, -0.25) is 0 Å². The Morgan fingerprint density at radius 1 is 0.727 bits per heavy atom. The van der Waals surface area contributed by atoms with Crippen molar-refractivity contribution in [1.82, 2.24) is 0 Å². The van der Waals surface area contributed by atoms with Crippen LogP contribution >= 0.6 is 0 Å². The molecule has 0 fully saturated rings. The van der Waals surface area contributed by atoms with E-state index in [0.717, 1.165) is 0 Å². The first-order chi connectivity index (χ1) is 10.1. The molecule has 116 valence electrons. The molecule has 1 atom stereocenters. The molecule has 0 aromatic heterocycles. The van der Waals surface area contributed by atoms with Gasteiger partial charge in [0.2, 0.25) is 0 Å². The molecule has 0 N–H and O–H groups in total. The molecular formula is C22H28. The lowest BCUT2D eigenvalue weighted by atomic mass is 9.73. The minimum atomic E-state index is 0.118. The molecule has 0 bridgehead atoms. The van der Waals surface area contributed by atoms with Gasteiger partial charge in [-0.05, 0) is 61.8 Å². The van der Waals surface area contributed by atoms with Crippen LogP contribution in [0.4, 0.5) is 0 Å². The van der Waals surface area contributed by atoms with Crippen molar-refractivity contribution in [1.29, 1.82) is 0 Å². The summed E-state index contributed by atoms with van der Waals surface area (Å²) in [6, 6.07) is 11.8. The van der Waals surface area contributed by atoms with Gasteiger partial charge < -0.3 is 0 Å². The number of benzene rings is 2. The highest BCUT2D eigenvalue weighted by Gasteiger charge is 2.46. The van der Waals surface area contributed by atoms with E-state index in [9.17, 15) is 0 Å². The number of aryl methyl sites for hydroxylation is 4. The zero-order chi connectivity index (χ0) is 16.3. The molecule has 0 heteroatoms. The van der Waals surface area contributed by atoms with Gasteiger partial charge in [-0.1, -0.05) is 67.8 Å². The zero-order valence-electron chi connectivity index (χ0n) is 15.1. The maximum atomic E-state index is 2.44. The van der Waals surface area contributed by atoms with Crippen molar-refractivity contribution in [3.05, 3.63) is 69.3 Å². The molecule has 0 spiro atoms. The molecule has 3 rings (SSSR count). The second kappa shape index (κ2) is 4.72. The zero-order valence-corrected chi connectivity index (χ0v) is 15.1. The number of fused-ring (bicyclic) bond motifs is 1. The molecule has 0 heterocycles. The van der Waals surface area contributed by atoms with E-state index < -0.39 is 0 Å². The van der Waals surface area contributed by atoms with Crippen molar-refractivity contribution >= 4 is 0 Å². The van der Waals surface area contributed by atoms with Gasteiger partial charge in [-0.15, -0.1) is 0 Å². The van der Waals surface area contributed by atoms with Crippen molar-refractivity contribution < 1.29 is 0 Å². The predicted molar refractivity (Wildman–Crippen MR) is 95.9 cm³/mol. The molecular weight excluding hydrogens is 264 g/mol. The summed E-state index contributed by atoms with van der Waals surface area (Å²) in [5.41, 5.74) is 10.5. The van der Waals surface area contributed by atoms with Gasteiger partial charge in [0.1, 0.15) is 0 Å². The van der Waals surface area contributed by atoms with E-state index in [2.05, 4.69) is 78.8 Å². The Kier molecular flexibility index (Phi) is 3.29. The third-order valence-electron chi connectivity index (χ3n) is 5.42. The third kappa shape index (κ3) is 2.20. The predicted octanol–water partition coefficient (Wildman–Crippen LogP) is 5.91. The highest BCUT2D eigenvalue weighted by molar-refractivity contribution is 5.56. The standard InChI is InChI=1S/C22H28/c1-14-8-15(2)11-18(10-14)22(7)13-21(5,6)19-12-16(3)9-17(4)20(19)22/h8-12H,13H2,1-7H3. The van der Waals surface area contributed by atoms with Gasteiger partial charge in [0.25, 0.3) is 0 Å². The van der Waals surface area contributed by atoms with Gasteiger partial charge in [0, 0.05) is 5.41 Å². The molecule has 0 nitrogen and oxygen atoms in total. The Morgan fingerprint density at radius 3 is 1.86 bits per heavy atom. The molecule has 22 heavy (non-hydrogen) atoms. The van der Waals surface area contributed by atoms with Crippen LogP contribution in [0.5, 0.6) is 0 Å². The maximum absolute atomic E-state index is 2.44. The number of hydrogen-bond acceptors (Lipinski definition) is 0. The van der Waals surface area contributed by atoms with Gasteiger partial charge in [0.15, 0.2) is 0 Å². The first-order valence-corrected chi connectivity index (χ1v) is 8.34. The van der Waals surface area contributed by atoms with Crippen LogP contribution in [0.15, 0.2) is 30.3 Å². The summed E-state index contributed by atoms with van der Waals surface area (Å²) < 4.78 is 0. The van der Waals surface area contributed by atoms with Gasteiger partial charge >= 0.3 is 0 Å². The van der Waals surface area contributed by atoms with Crippen molar-refractivity contribution in [2.75, 3.05) is 0 Å². The lowest BCUT2D eigenvalue weighted by Gasteiger charge is -2.30. The van der Waals surface area contributed by atoms with E-state index >= 15 is 0 Å². The van der Waals surface area contributed by atoms with Crippen LogP contribution in [0.3, 0.4) is 0 Å². The van der Waals surface area contributed by atoms with E-state index in [-0.39, 0.29) is 10.8 Å². The average Bonchev–Trinajstić information content (AvgIpc) is 2.56. The van der Waals surface area contributed by atoms with Crippen LogP contribution in [0.2, 0.25) is 0 Å². The maximum Gasteiger partial charge on any atom is 0.0188 e. The second-order valence-corrected chi connectivity index (χ2v) is 8.27. The molecule has 1 aliphatic rings. The highest BCUT2D eigenvalue weighted by Crippen LogP contribution is 2.54. The van der Waals surface area contributed by atoms with Crippen LogP contribution < -0.4 is 0 Å². The monoisotopic (exact) mass is 292 g/mol. The first kappa shape index (κ1) is 15.3.